The summed E-state index contributed by atoms with van der Waals surface area (Å²) in [5.74, 6) is -0.753. The van der Waals surface area contributed by atoms with Crippen LogP contribution in [0.3, 0.4) is 0 Å². The number of nitrogens with one attached hydrogen (secondary N) is 2. The molecule has 17 heavy (non-hydrogen) atoms. The van der Waals surface area contributed by atoms with Crippen molar-refractivity contribution in [2.45, 2.75) is 6.92 Å². The van der Waals surface area contributed by atoms with Gasteiger partial charge in [-0.05, 0) is 30.7 Å². The monoisotopic (exact) mass is 234 g/mol. The van der Waals surface area contributed by atoms with Gasteiger partial charge in [0.1, 0.15) is 11.5 Å². The summed E-state index contributed by atoms with van der Waals surface area (Å²) in [7, 11) is 0. The summed E-state index contributed by atoms with van der Waals surface area (Å²) in [5, 5.41) is 8.77. The minimum absolute atomic E-state index is 0.189. The van der Waals surface area contributed by atoms with Crippen molar-refractivity contribution in [3.8, 4) is 0 Å². The number of nitrogens with zero attached hydrogens (tertiary/aromatic N) is 1. The summed E-state index contributed by atoms with van der Waals surface area (Å²) >= 11 is 0. The van der Waals surface area contributed by atoms with Crippen molar-refractivity contribution in [1.82, 2.24) is 10.2 Å². The molecule has 0 atom stereocenters. The summed E-state index contributed by atoms with van der Waals surface area (Å²) in [4.78, 5) is 11.8. The average Bonchev–Trinajstić information content (AvgIpc) is 2.68. The Morgan fingerprint density at radius 3 is 2.88 bits per heavy atom. The molecule has 0 saturated heterocycles. The number of benzene rings is 1. The second kappa shape index (κ2) is 4.25. The Labute approximate surface area is 96.8 Å². The molecule has 0 spiro atoms. The van der Waals surface area contributed by atoms with Gasteiger partial charge in [-0.3, -0.25) is 9.89 Å². The van der Waals surface area contributed by atoms with Gasteiger partial charge in [0.25, 0.3) is 5.91 Å². The molecule has 1 amide bonds. The van der Waals surface area contributed by atoms with Crippen molar-refractivity contribution in [2.75, 3.05) is 11.1 Å². The zero-order chi connectivity index (χ0) is 12.4. The number of nitrogen functional groups attached to an aromatic ring is 1. The van der Waals surface area contributed by atoms with Gasteiger partial charge in [0, 0.05) is 5.69 Å². The van der Waals surface area contributed by atoms with Crippen LogP contribution < -0.4 is 11.1 Å². The molecule has 1 aromatic carbocycles. The van der Waals surface area contributed by atoms with Gasteiger partial charge in [-0.1, -0.05) is 0 Å². The number of rotatable bonds is 2. The fraction of sp³-hybridized carbons (Fsp3) is 0.0909. The number of aryl methyl sites for hydroxylation is 1. The zero-order valence-corrected chi connectivity index (χ0v) is 9.12. The summed E-state index contributed by atoms with van der Waals surface area (Å²) in [6, 6.07) is 4.11. The lowest BCUT2D eigenvalue weighted by atomic mass is 10.2. The second-order valence-electron chi connectivity index (χ2n) is 3.61. The van der Waals surface area contributed by atoms with E-state index in [0.717, 1.165) is 0 Å². The minimum atomic E-state index is -0.408. The van der Waals surface area contributed by atoms with Gasteiger partial charge in [-0.15, -0.1) is 0 Å². The maximum atomic E-state index is 12.9. The molecule has 88 valence electrons. The van der Waals surface area contributed by atoms with Crippen LogP contribution in [-0.2, 0) is 0 Å². The SMILES string of the molecule is Cc1cc(F)ccc1NC(=O)c1[nH]ncc1N. The molecule has 0 bridgehead atoms. The minimum Gasteiger partial charge on any atom is -0.396 e. The third-order valence-electron chi connectivity index (χ3n) is 2.33. The summed E-state index contributed by atoms with van der Waals surface area (Å²) < 4.78 is 12.9. The number of hydrogen-bond donors (Lipinski definition) is 3. The first-order valence-corrected chi connectivity index (χ1v) is 4.94. The van der Waals surface area contributed by atoms with Crippen molar-refractivity contribution in [2.24, 2.45) is 0 Å². The summed E-state index contributed by atoms with van der Waals surface area (Å²) in [6.45, 7) is 1.70. The largest absolute Gasteiger partial charge is 0.396 e. The number of aromatic nitrogens is 2. The van der Waals surface area contributed by atoms with Gasteiger partial charge in [-0.25, -0.2) is 4.39 Å². The van der Waals surface area contributed by atoms with Crippen molar-refractivity contribution in [3.63, 3.8) is 0 Å². The molecule has 0 unspecified atom stereocenters. The van der Waals surface area contributed by atoms with E-state index < -0.39 is 5.91 Å². The smallest absolute Gasteiger partial charge is 0.275 e. The molecule has 0 radical (unpaired) electrons. The Hall–Kier alpha value is -2.37. The van der Waals surface area contributed by atoms with Crippen LogP contribution in [0, 0.1) is 12.7 Å². The molecular formula is C11H11FN4O. The lowest BCUT2D eigenvalue weighted by molar-refractivity contribution is 0.102. The molecule has 0 aliphatic heterocycles. The first-order chi connectivity index (χ1) is 8.08. The van der Waals surface area contributed by atoms with E-state index in [1.807, 2.05) is 0 Å². The number of hydrogen-bond acceptors (Lipinski definition) is 3. The van der Waals surface area contributed by atoms with Crippen molar-refractivity contribution in [3.05, 3.63) is 41.5 Å². The maximum absolute atomic E-state index is 12.9. The quantitative estimate of drug-likeness (QED) is 0.739. The number of carbonyl (C=O) groups excluding carboxylic acids is 1. The van der Waals surface area contributed by atoms with Gasteiger partial charge in [0.05, 0.1) is 11.9 Å². The average molecular weight is 234 g/mol. The van der Waals surface area contributed by atoms with E-state index in [-0.39, 0.29) is 17.2 Å². The van der Waals surface area contributed by atoms with Crippen LogP contribution in [0.2, 0.25) is 0 Å². The van der Waals surface area contributed by atoms with E-state index >= 15 is 0 Å². The maximum Gasteiger partial charge on any atom is 0.275 e. The van der Waals surface area contributed by atoms with Crippen LogP contribution in [0.15, 0.2) is 24.4 Å². The molecule has 2 aromatic rings. The summed E-state index contributed by atoms with van der Waals surface area (Å²) in [6.07, 6.45) is 1.35. The normalized spacial score (nSPS) is 10.2. The molecule has 1 heterocycles. The molecule has 6 heteroatoms. The molecule has 2 rings (SSSR count). The number of nitrogens with two attached hydrogens (primary N) is 1. The topological polar surface area (TPSA) is 83.8 Å². The lowest BCUT2D eigenvalue weighted by Gasteiger charge is -2.07. The number of halogens is 1. The number of amides is 1. The van der Waals surface area contributed by atoms with Crippen LogP contribution in [0.1, 0.15) is 16.1 Å². The fourth-order valence-corrected chi connectivity index (χ4v) is 1.43. The Balaban J connectivity index is 2.22. The number of anilines is 2. The molecule has 5 nitrogen and oxygen atoms in total. The van der Waals surface area contributed by atoms with Crippen LogP contribution >= 0.6 is 0 Å². The highest BCUT2D eigenvalue weighted by atomic mass is 19.1. The predicted octanol–water partition coefficient (Wildman–Crippen LogP) is 1.69. The van der Waals surface area contributed by atoms with Crippen LogP contribution in [0.5, 0.6) is 0 Å². The van der Waals surface area contributed by atoms with E-state index in [2.05, 4.69) is 15.5 Å². The highest BCUT2D eigenvalue weighted by Gasteiger charge is 2.12. The van der Waals surface area contributed by atoms with E-state index in [1.165, 1.54) is 24.4 Å². The van der Waals surface area contributed by atoms with E-state index in [0.29, 0.717) is 11.3 Å². The number of aromatic amines is 1. The third-order valence-corrected chi connectivity index (χ3v) is 2.33. The van der Waals surface area contributed by atoms with Crippen molar-refractivity contribution >= 4 is 17.3 Å². The molecule has 4 N–H and O–H groups in total. The highest BCUT2D eigenvalue weighted by Crippen LogP contribution is 2.17. The molecular weight excluding hydrogens is 223 g/mol. The Morgan fingerprint density at radius 2 is 2.29 bits per heavy atom. The number of carbonyl (C=O) groups is 1. The Bertz CT molecular complexity index is 564. The lowest BCUT2D eigenvalue weighted by Crippen LogP contribution is -2.15. The number of H-pyrrole nitrogens is 1. The van der Waals surface area contributed by atoms with Gasteiger partial charge >= 0.3 is 0 Å². The van der Waals surface area contributed by atoms with Crippen molar-refractivity contribution in [1.29, 1.82) is 0 Å². The standard InChI is InChI=1S/C11H11FN4O/c1-6-4-7(12)2-3-9(6)15-11(17)10-8(13)5-14-16-10/h2-5H,13H2,1H3,(H,14,16)(H,15,17). The van der Waals surface area contributed by atoms with Gasteiger partial charge in [0.2, 0.25) is 0 Å². The van der Waals surface area contributed by atoms with E-state index in [4.69, 9.17) is 5.73 Å². The van der Waals surface area contributed by atoms with Gasteiger partial charge in [0.15, 0.2) is 0 Å². The van der Waals surface area contributed by atoms with Crippen LogP contribution in [0.25, 0.3) is 0 Å². The van der Waals surface area contributed by atoms with Gasteiger partial charge in [-0.2, -0.15) is 5.10 Å². The zero-order valence-electron chi connectivity index (χ0n) is 9.12. The second-order valence-corrected chi connectivity index (χ2v) is 3.61. The summed E-state index contributed by atoms with van der Waals surface area (Å²) in [5.41, 5.74) is 7.17. The van der Waals surface area contributed by atoms with Crippen molar-refractivity contribution < 1.29 is 9.18 Å². The Kier molecular flexibility index (Phi) is 2.78. The Morgan fingerprint density at radius 1 is 1.53 bits per heavy atom. The first-order valence-electron chi connectivity index (χ1n) is 4.94. The fourth-order valence-electron chi connectivity index (χ4n) is 1.43. The molecule has 0 saturated carbocycles. The first kappa shape index (κ1) is 11.1. The van der Waals surface area contributed by atoms with Gasteiger partial charge < -0.3 is 11.1 Å². The van der Waals surface area contributed by atoms with Crippen LogP contribution in [-0.4, -0.2) is 16.1 Å². The van der Waals surface area contributed by atoms with E-state index in [1.54, 1.807) is 6.92 Å². The van der Waals surface area contributed by atoms with E-state index in [9.17, 15) is 9.18 Å². The molecule has 1 aromatic heterocycles. The predicted molar refractivity (Wildman–Crippen MR) is 62.1 cm³/mol. The van der Waals surface area contributed by atoms with Crippen LogP contribution in [0.4, 0.5) is 15.8 Å². The molecule has 0 aliphatic carbocycles. The molecule has 0 fully saturated rings. The third kappa shape index (κ3) is 2.25. The molecule has 0 aliphatic rings. The highest BCUT2D eigenvalue weighted by molar-refractivity contribution is 6.06.